The topological polar surface area (TPSA) is 59.5 Å². The van der Waals surface area contributed by atoms with Crippen molar-refractivity contribution in [1.82, 2.24) is 4.98 Å². The lowest BCUT2D eigenvalue weighted by Crippen LogP contribution is -2.24. The highest BCUT2D eigenvalue weighted by Gasteiger charge is 2.22. The summed E-state index contributed by atoms with van der Waals surface area (Å²) in [5.41, 5.74) is 5.01. The lowest BCUT2D eigenvalue weighted by Gasteiger charge is -2.23. The molecule has 156 valence electrons. The highest BCUT2D eigenvalue weighted by atomic mass is 32.1. The van der Waals surface area contributed by atoms with Gasteiger partial charge in [-0.1, -0.05) is 23.8 Å². The lowest BCUT2D eigenvalue weighted by molar-refractivity contribution is -0.115. The Morgan fingerprint density at radius 2 is 1.73 bits per heavy atom. The second kappa shape index (κ2) is 8.75. The van der Waals surface area contributed by atoms with Crippen molar-refractivity contribution in [3.8, 4) is 0 Å². The Labute approximate surface area is 179 Å². The second-order valence-electron chi connectivity index (χ2n) is 7.26. The third-order valence-corrected chi connectivity index (χ3v) is 5.54. The fourth-order valence-corrected chi connectivity index (χ4v) is 4.18. The van der Waals surface area contributed by atoms with E-state index in [0.717, 1.165) is 28.4 Å². The first-order valence-corrected chi connectivity index (χ1v) is 10.3. The number of aryl methyl sites for hydroxylation is 4. The van der Waals surface area contributed by atoms with E-state index >= 15 is 0 Å². The first-order chi connectivity index (χ1) is 14.2. The minimum Gasteiger partial charge on any atom is -0.456 e. The van der Waals surface area contributed by atoms with E-state index in [0.29, 0.717) is 16.4 Å². The zero-order chi connectivity index (χ0) is 22.0. The van der Waals surface area contributed by atoms with Crippen LogP contribution in [0, 0.1) is 33.5 Å². The number of benzene rings is 2. The minimum absolute atomic E-state index is 0.0670. The van der Waals surface area contributed by atoms with E-state index in [-0.39, 0.29) is 18.1 Å². The monoisotopic (exact) mass is 426 g/mol. The summed E-state index contributed by atoms with van der Waals surface area (Å²) < 4.78 is 18.9. The number of amides is 1. The molecule has 5 nitrogen and oxygen atoms in total. The van der Waals surface area contributed by atoms with Gasteiger partial charge in [0, 0.05) is 12.3 Å². The average molecular weight is 427 g/mol. The van der Waals surface area contributed by atoms with Crippen molar-refractivity contribution < 1.29 is 18.7 Å². The summed E-state index contributed by atoms with van der Waals surface area (Å²) in [5.74, 6) is -1.24. The van der Waals surface area contributed by atoms with Gasteiger partial charge in [0.05, 0.1) is 16.9 Å². The molecule has 0 bridgehead atoms. The Bertz CT molecular complexity index is 1100. The Hall–Kier alpha value is -3.06. The SMILES string of the molecule is CC(=O)N(c1nc(COC(=O)c2ccc(C)c(F)c2)cs1)c1c(C)cc(C)cc1C. The maximum absolute atomic E-state index is 13.7. The van der Waals surface area contributed by atoms with E-state index in [1.807, 2.05) is 32.9 Å². The van der Waals surface area contributed by atoms with Gasteiger partial charge in [-0.05, 0) is 56.5 Å². The number of hydrogen-bond donors (Lipinski definition) is 0. The van der Waals surface area contributed by atoms with Crippen molar-refractivity contribution in [2.24, 2.45) is 0 Å². The molecule has 0 atom stereocenters. The zero-order valence-corrected chi connectivity index (χ0v) is 18.4. The maximum Gasteiger partial charge on any atom is 0.338 e. The molecule has 0 saturated heterocycles. The first kappa shape index (κ1) is 21.6. The van der Waals surface area contributed by atoms with Crippen molar-refractivity contribution in [3.63, 3.8) is 0 Å². The number of anilines is 2. The molecule has 0 unspecified atom stereocenters. The van der Waals surface area contributed by atoms with Crippen LogP contribution in [0.2, 0.25) is 0 Å². The van der Waals surface area contributed by atoms with Crippen LogP contribution in [0.15, 0.2) is 35.7 Å². The number of carbonyl (C=O) groups is 2. The molecular weight excluding hydrogens is 403 g/mol. The molecule has 0 aliphatic rings. The fraction of sp³-hybridized carbons (Fsp3) is 0.261. The number of hydrogen-bond acceptors (Lipinski definition) is 5. The molecule has 0 aliphatic carbocycles. The minimum atomic E-state index is -0.628. The number of esters is 1. The number of rotatable bonds is 5. The van der Waals surface area contributed by atoms with E-state index in [1.165, 1.54) is 30.4 Å². The first-order valence-electron chi connectivity index (χ1n) is 9.43. The number of ether oxygens (including phenoxy) is 1. The summed E-state index contributed by atoms with van der Waals surface area (Å²) >= 11 is 1.30. The largest absolute Gasteiger partial charge is 0.456 e. The molecule has 3 rings (SSSR count). The van der Waals surface area contributed by atoms with Gasteiger partial charge in [0.1, 0.15) is 12.4 Å². The molecule has 3 aromatic rings. The van der Waals surface area contributed by atoms with E-state index < -0.39 is 11.8 Å². The van der Waals surface area contributed by atoms with Gasteiger partial charge < -0.3 is 4.74 Å². The molecule has 7 heteroatoms. The van der Waals surface area contributed by atoms with Gasteiger partial charge in [-0.25, -0.2) is 14.2 Å². The fourth-order valence-electron chi connectivity index (χ4n) is 3.32. The van der Waals surface area contributed by atoms with Crippen molar-refractivity contribution >= 4 is 34.0 Å². The van der Waals surface area contributed by atoms with Crippen molar-refractivity contribution in [2.45, 2.75) is 41.2 Å². The molecule has 2 aromatic carbocycles. The molecule has 0 N–H and O–H groups in total. The van der Waals surface area contributed by atoms with Crippen LogP contribution >= 0.6 is 11.3 Å². The molecule has 1 heterocycles. The molecule has 1 aromatic heterocycles. The van der Waals surface area contributed by atoms with Gasteiger partial charge in [0.2, 0.25) is 5.91 Å². The Balaban J connectivity index is 1.79. The molecule has 0 aliphatic heterocycles. The predicted molar refractivity (Wildman–Crippen MR) is 116 cm³/mol. The summed E-state index contributed by atoms with van der Waals surface area (Å²) in [6, 6.07) is 8.26. The third kappa shape index (κ3) is 4.57. The van der Waals surface area contributed by atoms with Crippen LogP contribution in [0.3, 0.4) is 0 Å². The summed E-state index contributed by atoms with van der Waals surface area (Å²) in [5, 5.41) is 2.25. The number of halogens is 1. The van der Waals surface area contributed by atoms with Crippen LogP contribution in [0.1, 0.15) is 45.2 Å². The molecule has 0 saturated carbocycles. The van der Waals surface area contributed by atoms with Crippen LogP contribution in [-0.2, 0) is 16.1 Å². The Morgan fingerprint density at radius 1 is 1.07 bits per heavy atom. The third-order valence-electron chi connectivity index (χ3n) is 4.66. The molecular formula is C23H23FN2O3S. The van der Waals surface area contributed by atoms with Gasteiger partial charge in [0.25, 0.3) is 0 Å². The average Bonchev–Trinajstić information content (AvgIpc) is 3.12. The molecule has 30 heavy (non-hydrogen) atoms. The van der Waals surface area contributed by atoms with Crippen LogP contribution in [0.25, 0.3) is 0 Å². The highest BCUT2D eigenvalue weighted by Crippen LogP contribution is 2.34. The summed E-state index contributed by atoms with van der Waals surface area (Å²) in [7, 11) is 0. The van der Waals surface area contributed by atoms with Crippen molar-refractivity contribution in [1.29, 1.82) is 0 Å². The lowest BCUT2D eigenvalue weighted by atomic mass is 10.0. The maximum atomic E-state index is 13.7. The van der Waals surface area contributed by atoms with Crippen molar-refractivity contribution in [2.75, 3.05) is 4.90 Å². The summed E-state index contributed by atoms with van der Waals surface area (Å²) in [6.45, 7) is 8.98. The zero-order valence-electron chi connectivity index (χ0n) is 17.6. The van der Waals surface area contributed by atoms with Crippen LogP contribution < -0.4 is 4.90 Å². The van der Waals surface area contributed by atoms with Gasteiger partial charge in [-0.2, -0.15) is 0 Å². The van der Waals surface area contributed by atoms with Crippen LogP contribution in [0.4, 0.5) is 15.2 Å². The molecule has 0 fully saturated rings. The quantitative estimate of drug-likeness (QED) is 0.501. The van der Waals surface area contributed by atoms with E-state index in [2.05, 4.69) is 4.98 Å². The van der Waals surface area contributed by atoms with E-state index in [9.17, 15) is 14.0 Å². The Kier molecular flexibility index (Phi) is 6.31. The van der Waals surface area contributed by atoms with Crippen LogP contribution in [0.5, 0.6) is 0 Å². The number of aromatic nitrogens is 1. The highest BCUT2D eigenvalue weighted by molar-refractivity contribution is 7.14. The van der Waals surface area contributed by atoms with Crippen molar-refractivity contribution in [3.05, 3.63) is 75.0 Å². The second-order valence-corrected chi connectivity index (χ2v) is 8.10. The Morgan fingerprint density at radius 3 is 2.33 bits per heavy atom. The van der Waals surface area contributed by atoms with Gasteiger partial charge in [-0.3, -0.25) is 9.69 Å². The van der Waals surface area contributed by atoms with Gasteiger partial charge in [0.15, 0.2) is 5.13 Å². The molecule has 0 radical (unpaired) electrons. The smallest absolute Gasteiger partial charge is 0.338 e. The van der Waals surface area contributed by atoms with Gasteiger partial charge in [-0.15, -0.1) is 11.3 Å². The summed E-state index contributed by atoms with van der Waals surface area (Å²) in [6.07, 6.45) is 0. The number of carbonyl (C=O) groups excluding carboxylic acids is 2. The van der Waals surface area contributed by atoms with Crippen LogP contribution in [-0.4, -0.2) is 16.9 Å². The predicted octanol–water partition coefficient (Wildman–Crippen LogP) is 5.56. The number of thiazole rings is 1. The normalized spacial score (nSPS) is 10.7. The molecule has 1 amide bonds. The molecule has 0 spiro atoms. The van der Waals surface area contributed by atoms with Gasteiger partial charge >= 0.3 is 5.97 Å². The van der Waals surface area contributed by atoms with E-state index in [4.69, 9.17) is 4.74 Å². The number of nitrogens with zero attached hydrogens (tertiary/aromatic N) is 2. The van der Waals surface area contributed by atoms with E-state index in [1.54, 1.807) is 17.2 Å². The standard InChI is InChI=1S/C23H23FN2O3S/c1-13-8-15(3)21(16(4)9-13)26(17(5)27)23-25-19(12-30-23)11-29-22(28)18-7-6-14(2)20(24)10-18/h6-10,12H,11H2,1-5H3. The summed E-state index contributed by atoms with van der Waals surface area (Å²) in [4.78, 5) is 30.7.